The number of esters is 1. The third kappa shape index (κ3) is 4.34. The second kappa shape index (κ2) is 8.90. The summed E-state index contributed by atoms with van der Waals surface area (Å²) in [6.45, 7) is 3.13. The lowest BCUT2D eigenvalue weighted by Gasteiger charge is -2.48. The molecule has 2 fully saturated rings. The average Bonchev–Trinajstić information content (AvgIpc) is 3.33. The molecule has 0 atom stereocenters. The van der Waals surface area contributed by atoms with Gasteiger partial charge in [0.05, 0.1) is 24.9 Å². The molecule has 0 radical (unpaired) electrons. The number of rotatable bonds is 7. The zero-order valence-corrected chi connectivity index (χ0v) is 19.1. The van der Waals surface area contributed by atoms with Gasteiger partial charge in [-0.1, -0.05) is 35.5 Å². The van der Waals surface area contributed by atoms with E-state index in [1.165, 1.54) is 10.2 Å². The minimum absolute atomic E-state index is 0.0134. The Balaban J connectivity index is 1.40. The number of urea groups is 1. The molecule has 0 unspecified atom stereocenters. The standard InChI is InChI=1S/C23H32N6O3/c1-4-32-20(30)16-29-15-19(25-26-29)14-28-17-22(24-21(28)31)10-12-23(13-11-22,27(2)3)18-8-6-5-7-9-18/h5-9,15H,4,10-14,16-17H2,1-3H3,(H,24,31)/t22-,23+. The molecule has 2 aliphatic rings. The van der Waals surface area contributed by atoms with Crippen molar-refractivity contribution in [3.63, 3.8) is 0 Å². The van der Waals surface area contributed by atoms with Crippen molar-refractivity contribution in [1.29, 1.82) is 0 Å². The number of nitrogens with one attached hydrogen (secondary N) is 1. The molecule has 9 heteroatoms. The monoisotopic (exact) mass is 440 g/mol. The summed E-state index contributed by atoms with van der Waals surface area (Å²) < 4.78 is 6.39. The SMILES string of the molecule is CCOC(=O)Cn1cc(CN2C[C@]3(CC[C@](c4ccccc4)(N(C)C)CC3)NC2=O)nn1. The molecule has 1 aliphatic heterocycles. The van der Waals surface area contributed by atoms with E-state index in [1.807, 2.05) is 0 Å². The Morgan fingerprint density at radius 1 is 1.19 bits per heavy atom. The Morgan fingerprint density at radius 3 is 2.56 bits per heavy atom. The highest BCUT2D eigenvalue weighted by atomic mass is 16.5. The van der Waals surface area contributed by atoms with Crippen molar-refractivity contribution in [1.82, 2.24) is 30.1 Å². The van der Waals surface area contributed by atoms with Crippen LogP contribution in [0.15, 0.2) is 36.5 Å². The fourth-order valence-electron chi connectivity index (χ4n) is 5.10. The van der Waals surface area contributed by atoms with Crippen molar-refractivity contribution in [3.05, 3.63) is 47.8 Å². The van der Waals surface area contributed by atoms with Crippen LogP contribution in [0.1, 0.15) is 43.9 Å². The maximum Gasteiger partial charge on any atom is 0.327 e. The zero-order chi connectivity index (χ0) is 22.8. The van der Waals surface area contributed by atoms with Gasteiger partial charge in [0.1, 0.15) is 12.2 Å². The molecule has 1 saturated heterocycles. The molecule has 1 spiro atoms. The summed E-state index contributed by atoms with van der Waals surface area (Å²) in [7, 11) is 4.29. The number of hydrogen-bond acceptors (Lipinski definition) is 6. The maximum atomic E-state index is 12.8. The number of ether oxygens (including phenoxy) is 1. The molecule has 32 heavy (non-hydrogen) atoms. The van der Waals surface area contributed by atoms with Crippen LogP contribution in [0.4, 0.5) is 4.79 Å². The predicted molar refractivity (Wildman–Crippen MR) is 119 cm³/mol. The van der Waals surface area contributed by atoms with Gasteiger partial charge in [0, 0.05) is 12.1 Å². The molecular weight excluding hydrogens is 408 g/mol. The quantitative estimate of drug-likeness (QED) is 0.663. The maximum absolute atomic E-state index is 12.8. The molecule has 172 valence electrons. The van der Waals surface area contributed by atoms with Crippen molar-refractivity contribution < 1.29 is 14.3 Å². The Bertz CT molecular complexity index is 950. The van der Waals surface area contributed by atoms with E-state index in [-0.39, 0.29) is 29.6 Å². The van der Waals surface area contributed by atoms with E-state index >= 15 is 0 Å². The summed E-state index contributed by atoms with van der Waals surface area (Å²) >= 11 is 0. The van der Waals surface area contributed by atoms with Crippen LogP contribution in [0.5, 0.6) is 0 Å². The molecule has 9 nitrogen and oxygen atoms in total. The minimum atomic E-state index is -0.355. The van der Waals surface area contributed by atoms with Crippen LogP contribution in [0.25, 0.3) is 0 Å². The van der Waals surface area contributed by atoms with E-state index in [0.29, 0.717) is 25.4 Å². The normalized spacial score (nSPS) is 25.4. The highest BCUT2D eigenvalue weighted by Crippen LogP contribution is 2.46. The van der Waals surface area contributed by atoms with Crippen LogP contribution in [-0.4, -0.2) is 69.6 Å². The van der Waals surface area contributed by atoms with Crippen molar-refractivity contribution in [3.8, 4) is 0 Å². The topological polar surface area (TPSA) is 92.6 Å². The number of carbonyl (C=O) groups is 2. The summed E-state index contributed by atoms with van der Waals surface area (Å²) in [6, 6.07) is 10.6. The van der Waals surface area contributed by atoms with E-state index in [0.717, 1.165) is 25.7 Å². The lowest BCUT2D eigenvalue weighted by Crippen LogP contribution is -2.54. The van der Waals surface area contributed by atoms with Gasteiger partial charge in [0.25, 0.3) is 0 Å². The second-order valence-corrected chi connectivity index (χ2v) is 9.07. The van der Waals surface area contributed by atoms with Crippen LogP contribution in [0.2, 0.25) is 0 Å². The lowest BCUT2D eigenvalue weighted by molar-refractivity contribution is -0.144. The second-order valence-electron chi connectivity index (χ2n) is 9.07. The minimum Gasteiger partial charge on any atom is -0.465 e. The molecule has 2 heterocycles. The summed E-state index contributed by atoms with van der Waals surface area (Å²) in [4.78, 5) is 28.5. The molecule has 4 rings (SSSR count). The number of carbonyl (C=O) groups excluding carboxylic acids is 2. The van der Waals surface area contributed by atoms with Gasteiger partial charge in [-0.3, -0.25) is 9.69 Å². The first-order chi connectivity index (χ1) is 15.4. The third-order valence-corrected chi connectivity index (χ3v) is 6.89. The fraction of sp³-hybridized carbons (Fsp3) is 0.565. The molecule has 1 aromatic carbocycles. The van der Waals surface area contributed by atoms with Crippen molar-refractivity contribution in [2.24, 2.45) is 0 Å². The average molecular weight is 441 g/mol. The molecular formula is C23H32N6O3. The van der Waals surface area contributed by atoms with Crippen LogP contribution in [0.3, 0.4) is 0 Å². The van der Waals surface area contributed by atoms with Crippen molar-refractivity contribution in [2.45, 2.75) is 56.8 Å². The molecule has 1 aromatic heterocycles. The summed E-state index contributed by atoms with van der Waals surface area (Å²) in [5.41, 5.74) is 1.76. The summed E-state index contributed by atoms with van der Waals surface area (Å²) in [5, 5.41) is 11.4. The fourth-order valence-corrected chi connectivity index (χ4v) is 5.10. The number of nitrogens with zero attached hydrogens (tertiary/aromatic N) is 5. The van der Waals surface area contributed by atoms with E-state index in [1.54, 1.807) is 18.0 Å². The van der Waals surface area contributed by atoms with Crippen molar-refractivity contribution >= 4 is 12.0 Å². The van der Waals surface area contributed by atoms with E-state index < -0.39 is 0 Å². The Morgan fingerprint density at radius 2 is 1.91 bits per heavy atom. The van der Waals surface area contributed by atoms with Gasteiger partial charge in [0.15, 0.2) is 0 Å². The van der Waals surface area contributed by atoms with E-state index in [2.05, 4.69) is 65.0 Å². The Hall–Kier alpha value is -2.94. The van der Waals surface area contributed by atoms with Crippen LogP contribution < -0.4 is 5.32 Å². The Labute approximate surface area is 188 Å². The Kier molecular flexibility index (Phi) is 6.19. The third-order valence-electron chi connectivity index (χ3n) is 6.89. The predicted octanol–water partition coefficient (Wildman–Crippen LogP) is 2.14. The number of aromatic nitrogens is 3. The number of benzene rings is 1. The zero-order valence-electron chi connectivity index (χ0n) is 19.1. The highest BCUT2D eigenvalue weighted by molar-refractivity contribution is 5.78. The van der Waals surface area contributed by atoms with Gasteiger partial charge >= 0.3 is 12.0 Å². The van der Waals surface area contributed by atoms with Gasteiger partial charge in [0.2, 0.25) is 0 Å². The molecule has 2 aromatic rings. The number of amides is 2. The largest absolute Gasteiger partial charge is 0.465 e. The summed E-state index contributed by atoms with van der Waals surface area (Å²) in [6.07, 6.45) is 5.49. The molecule has 0 bridgehead atoms. The van der Waals surface area contributed by atoms with Gasteiger partial charge in [-0.05, 0) is 52.3 Å². The molecule has 1 saturated carbocycles. The van der Waals surface area contributed by atoms with Crippen LogP contribution >= 0.6 is 0 Å². The lowest BCUT2D eigenvalue weighted by atomic mass is 9.69. The molecule has 1 N–H and O–H groups in total. The van der Waals surface area contributed by atoms with Gasteiger partial charge in [-0.15, -0.1) is 5.10 Å². The molecule has 1 aliphatic carbocycles. The van der Waals surface area contributed by atoms with Gasteiger partial charge < -0.3 is 15.0 Å². The van der Waals surface area contributed by atoms with Crippen LogP contribution in [-0.2, 0) is 28.2 Å². The van der Waals surface area contributed by atoms with Crippen molar-refractivity contribution in [2.75, 3.05) is 27.2 Å². The number of hydrogen-bond donors (Lipinski definition) is 1. The first kappa shape index (κ1) is 22.3. The van der Waals surface area contributed by atoms with Gasteiger partial charge in [-0.2, -0.15) is 0 Å². The molecule has 2 amide bonds. The van der Waals surface area contributed by atoms with E-state index in [9.17, 15) is 9.59 Å². The smallest absolute Gasteiger partial charge is 0.327 e. The summed E-state index contributed by atoms with van der Waals surface area (Å²) in [5.74, 6) is -0.355. The first-order valence-electron chi connectivity index (χ1n) is 11.2. The van der Waals surface area contributed by atoms with Crippen LogP contribution in [0, 0.1) is 0 Å². The first-order valence-corrected chi connectivity index (χ1v) is 11.2. The van der Waals surface area contributed by atoms with E-state index in [4.69, 9.17) is 4.74 Å². The highest BCUT2D eigenvalue weighted by Gasteiger charge is 2.50. The van der Waals surface area contributed by atoms with Gasteiger partial charge in [-0.25, -0.2) is 9.48 Å².